The van der Waals surface area contributed by atoms with E-state index in [4.69, 9.17) is 0 Å². The second-order valence-electron chi connectivity index (χ2n) is 9.91. The summed E-state index contributed by atoms with van der Waals surface area (Å²) in [6, 6.07) is 8.42. The first kappa shape index (κ1) is 30.0. The van der Waals surface area contributed by atoms with E-state index in [1.807, 2.05) is 6.07 Å². The molecule has 0 bridgehead atoms. The number of carbonyl (C=O) groups excluding carboxylic acids is 2. The van der Waals surface area contributed by atoms with E-state index in [1.54, 1.807) is 20.0 Å². The van der Waals surface area contributed by atoms with Gasteiger partial charge in [0.05, 0.1) is 12.1 Å². The Morgan fingerprint density at radius 3 is 2.59 bits per heavy atom. The van der Waals surface area contributed by atoms with Crippen LogP contribution in [0.2, 0.25) is 0 Å². The minimum atomic E-state index is -0.691. The minimum absolute atomic E-state index is 0.0151. The maximum absolute atomic E-state index is 12.8. The molecule has 1 fully saturated rings. The summed E-state index contributed by atoms with van der Waals surface area (Å²) >= 11 is 0. The lowest BCUT2D eigenvalue weighted by molar-refractivity contribution is -0.118. The van der Waals surface area contributed by atoms with E-state index >= 15 is 0 Å². The number of oxime groups is 1. The van der Waals surface area contributed by atoms with Crippen molar-refractivity contribution in [2.75, 3.05) is 33.8 Å². The first-order valence-electron chi connectivity index (χ1n) is 13.4. The fourth-order valence-corrected chi connectivity index (χ4v) is 4.89. The summed E-state index contributed by atoms with van der Waals surface area (Å²) in [5.41, 5.74) is 3.21. The summed E-state index contributed by atoms with van der Waals surface area (Å²) in [7, 11) is 3.05. The minimum Gasteiger partial charge on any atom is -0.399 e. The third-order valence-corrected chi connectivity index (χ3v) is 7.03. The predicted molar refractivity (Wildman–Crippen MR) is 153 cm³/mol. The first-order valence-corrected chi connectivity index (χ1v) is 13.4. The van der Waals surface area contributed by atoms with Crippen LogP contribution in [-0.2, 0) is 27.4 Å². The number of nitrogens with zero attached hydrogens (tertiary/aromatic N) is 4. The zero-order chi connectivity index (χ0) is 28.2. The molecule has 11 nitrogen and oxygen atoms in total. The van der Waals surface area contributed by atoms with Crippen LogP contribution in [0.25, 0.3) is 0 Å². The van der Waals surface area contributed by atoms with Crippen molar-refractivity contribution in [3.63, 3.8) is 0 Å². The predicted octanol–water partition coefficient (Wildman–Crippen LogP) is 1.17. The molecule has 3 rings (SSSR count). The molecule has 0 unspecified atom stereocenters. The quantitative estimate of drug-likeness (QED) is 0.144. The summed E-state index contributed by atoms with van der Waals surface area (Å²) in [6.45, 7) is 7.50. The van der Waals surface area contributed by atoms with Gasteiger partial charge in [0.1, 0.15) is 24.4 Å². The Morgan fingerprint density at radius 1 is 1.21 bits per heavy atom. The normalized spacial score (nSPS) is 21.4. The van der Waals surface area contributed by atoms with Crippen molar-refractivity contribution in [2.45, 2.75) is 63.8 Å². The fourth-order valence-electron chi connectivity index (χ4n) is 4.89. The molecule has 4 N–H and O–H groups in total. The van der Waals surface area contributed by atoms with Crippen LogP contribution in [0.5, 0.6) is 0 Å². The van der Waals surface area contributed by atoms with Crippen LogP contribution in [-0.4, -0.2) is 92.1 Å². The van der Waals surface area contributed by atoms with Crippen molar-refractivity contribution in [2.24, 2.45) is 15.1 Å². The number of aliphatic hydroxyl groups excluding tert-OH is 1. The van der Waals surface area contributed by atoms with E-state index in [-0.39, 0.29) is 41.9 Å². The van der Waals surface area contributed by atoms with Crippen LogP contribution < -0.4 is 16.0 Å². The Hall–Kier alpha value is -3.57. The molecule has 11 heteroatoms. The van der Waals surface area contributed by atoms with Gasteiger partial charge in [0.15, 0.2) is 0 Å². The highest BCUT2D eigenvalue weighted by molar-refractivity contribution is 6.37. The molecule has 212 valence electrons. The average molecular weight is 540 g/mol. The smallest absolute Gasteiger partial charge is 0.268 e. The number of benzene rings is 1. The van der Waals surface area contributed by atoms with E-state index in [2.05, 4.69) is 65.7 Å². The molecule has 1 atom stereocenters. The maximum atomic E-state index is 12.8. The molecule has 2 amide bonds. The van der Waals surface area contributed by atoms with Crippen LogP contribution in [0.4, 0.5) is 0 Å². The molecule has 1 aliphatic heterocycles. The number of likely N-dealkylation sites (N-methyl/N-ethyl adjacent to an activating group) is 1. The Balaban J connectivity index is 1.47. The van der Waals surface area contributed by atoms with Gasteiger partial charge in [0, 0.05) is 45.3 Å². The van der Waals surface area contributed by atoms with Crippen molar-refractivity contribution in [3.8, 4) is 0 Å². The zero-order valence-corrected chi connectivity index (χ0v) is 23.2. The number of aliphatic imine (C=N–C) groups is 2. The Labute approximate surface area is 230 Å². The van der Waals surface area contributed by atoms with Crippen molar-refractivity contribution >= 4 is 30.1 Å². The standard InChI is InChI=1S/C28H41N7O4/c1-19(34-39-4)27(37)33-23-11-9-22(10-12-23)32-26(30-3)15-25(29-2)28(38)31-16-24(36)18-35-14-13-20-7-5-6-8-21(20)17-35/h5-8,15,22-24,29,36H,3,9-14,16-18H2,1-2,4H3,(H,31,38)(H,33,37)/b25-15?,32-26?,34-19+/t22?,23?,24-/m0/s1. The number of hydrogen-bond acceptors (Lipinski definition) is 8. The molecular weight excluding hydrogens is 498 g/mol. The van der Waals surface area contributed by atoms with Gasteiger partial charge in [-0.05, 0) is 56.9 Å². The van der Waals surface area contributed by atoms with Crippen LogP contribution >= 0.6 is 0 Å². The number of amidine groups is 1. The first-order chi connectivity index (χ1) is 18.8. The molecule has 1 aromatic carbocycles. The highest BCUT2D eigenvalue weighted by atomic mass is 16.6. The zero-order valence-electron chi connectivity index (χ0n) is 23.2. The number of aliphatic hydroxyl groups is 1. The number of hydrogen-bond donors (Lipinski definition) is 4. The molecule has 0 spiro atoms. The summed E-state index contributed by atoms with van der Waals surface area (Å²) in [5.74, 6) is -0.231. The number of β-amino-alcohol motifs (C(OH)–C–C–N with tert-alkyl or cyclic N) is 1. The van der Waals surface area contributed by atoms with Crippen molar-refractivity contribution < 1.29 is 19.5 Å². The fraction of sp³-hybridized carbons (Fsp3) is 0.536. The summed E-state index contributed by atoms with van der Waals surface area (Å²) < 4.78 is 0. The number of carbonyl (C=O) groups is 2. The molecule has 1 saturated carbocycles. The molecule has 1 heterocycles. The van der Waals surface area contributed by atoms with E-state index in [0.29, 0.717) is 12.4 Å². The molecular formula is C28H41N7O4. The van der Waals surface area contributed by atoms with Crippen LogP contribution in [0.15, 0.2) is 51.2 Å². The Bertz CT molecular complexity index is 1090. The average Bonchev–Trinajstić information content (AvgIpc) is 2.94. The second-order valence-corrected chi connectivity index (χ2v) is 9.91. The van der Waals surface area contributed by atoms with Crippen molar-refractivity contribution in [1.82, 2.24) is 20.9 Å². The van der Waals surface area contributed by atoms with Gasteiger partial charge >= 0.3 is 0 Å². The molecule has 39 heavy (non-hydrogen) atoms. The molecule has 0 aromatic heterocycles. The Morgan fingerprint density at radius 2 is 1.92 bits per heavy atom. The van der Waals surface area contributed by atoms with Crippen molar-refractivity contribution in [1.29, 1.82) is 0 Å². The summed E-state index contributed by atoms with van der Waals surface area (Å²) in [5, 5.41) is 22.9. The molecule has 2 aliphatic rings. The molecule has 0 saturated heterocycles. The lowest BCUT2D eigenvalue weighted by Crippen LogP contribution is -2.43. The number of nitrogens with one attached hydrogen (secondary N) is 3. The largest absolute Gasteiger partial charge is 0.399 e. The van der Waals surface area contributed by atoms with Gasteiger partial charge in [0.2, 0.25) is 0 Å². The van der Waals surface area contributed by atoms with Gasteiger partial charge < -0.3 is 25.9 Å². The highest BCUT2D eigenvalue weighted by Gasteiger charge is 2.24. The molecule has 0 radical (unpaired) electrons. The lowest BCUT2D eigenvalue weighted by atomic mass is 9.91. The molecule has 1 aliphatic carbocycles. The number of fused-ring (bicyclic) bond motifs is 1. The van der Waals surface area contributed by atoms with Gasteiger partial charge in [-0.2, -0.15) is 0 Å². The van der Waals surface area contributed by atoms with Gasteiger partial charge in [-0.15, -0.1) is 0 Å². The Kier molecular flexibility index (Phi) is 11.6. The van der Waals surface area contributed by atoms with Gasteiger partial charge in [0.25, 0.3) is 11.8 Å². The van der Waals surface area contributed by atoms with Crippen LogP contribution in [0.1, 0.15) is 43.7 Å². The number of amides is 2. The van der Waals surface area contributed by atoms with Gasteiger partial charge in [-0.25, -0.2) is 4.99 Å². The SMILES string of the molecule is C=NC(C=C(NC)C(=O)NC[C@H](O)CN1CCc2ccccc2C1)=NC1CCC(NC(=O)/C(C)=N/OC)CC1. The van der Waals surface area contributed by atoms with Crippen LogP contribution in [0, 0.1) is 0 Å². The van der Waals surface area contributed by atoms with E-state index < -0.39 is 6.10 Å². The highest BCUT2D eigenvalue weighted by Crippen LogP contribution is 2.22. The number of rotatable bonds is 11. The van der Waals surface area contributed by atoms with Gasteiger partial charge in [-0.3, -0.25) is 19.5 Å². The maximum Gasteiger partial charge on any atom is 0.268 e. The van der Waals surface area contributed by atoms with E-state index in [9.17, 15) is 14.7 Å². The van der Waals surface area contributed by atoms with E-state index in [1.165, 1.54) is 18.2 Å². The van der Waals surface area contributed by atoms with Gasteiger partial charge in [-0.1, -0.05) is 29.4 Å². The van der Waals surface area contributed by atoms with Crippen molar-refractivity contribution in [3.05, 3.63) is 47.2 Å². The van der Waals surface area contributed by atoms with Crippen LogP contribution in [0.3, 0.4) is 0 Å². The topological polar surface area (TPSA) is 140 Å². The second kappa shape index (κ2) is 15.1. The van der Waals surface area contributed by atoms with E-state index in [0.717, 1.165) is 45.2 Å². The summed E-state index contributed by atoms with van der Waals surface area (Å²) in [4.78, 5) is 40.4. The monoisotopic (exact) mass is 539 g/mol. The lowest BCUT2D eigenvalue weighted by Gasteiger charge is -2.30. The third-order valence-electron chi connectivity index (χ3n) is 7.03. The summed E-state index contributed by atoms with van der Waals surface area (Å²) in [6.07, 6.45) is 4.91. The third kappa shape index (κ3) is 9.29. The molecule has 1 aromatic rings.